The van der Waals surface area contributed by atoms with Crippen LogP contribution in [0.25, 0.3) is 10.8 Å². The quantitative estimate of drug-likeness (QED) is 0.393. The molecule has 0 fully saturated rings. The van der Waals surface area contributed by atoms with Crippen LogP contribution >= 0.6 is 0 Å². The summed E-state index contributed by atoms with van der Waals surface area (Å²) in [6, 6.07) is 17.5. The lowest BCUT2D eigenvalue weighted by Gasteiger charge is -2.29. The minimum Gasteiger partial charge on any atom is -0.497 e. The number of hydrogen-bond donors (Lipinski definition) is 1. The monoisotopic (exact) mass is 537 g/mol. The molecule has 0 saturated heterocycles. The van der Waals surface area contributed by atoms with Gasteiger partial charge in [-0.2, -0.15) is 0 Å². The predicted octanol–water partition coefficient (Wildman–Crippen LogP) is 4.33. The molecule has 4 rings (SSSR count). The number of hydrogen-bond acceptors (Lipinski definition) is 5. The molecule has 1 heterocycles. The van der Waals surface area contributed by atoms with E-state index < -0.39 is 16.1 Å². The van der Waals surface area contributed by atoms with E-state index >= 15 is 0 Å². The molecule has 0 radical (unpaired) electrons. The van der Waals surface area contributed by atoms with Crippen LogP contribution < -0.4 is 14.4 Å². The van der Waals surface area contributed by atoms with E-state index in [9.17, 15) is 18.0 Å². The molecule has 2 amide bonds. The van der Waals surface area contributed by atoms with Gasteiger partial charge in [0.05, 0.1) is 17.7 Å². The minimum absolute atomic E-state index is 0.101. The molecule has 202 valence electrons. The Balaban J connectivity index is 1.49. The number of methoxy groups -OCH3 is 1. The highest BCUT2D eigenvalue weighted by Gasteiger charge is 2.35. The Labute approximate surface area is 224 Å². The van der Waals surface area contributed by atoms with Crippen LogP contribution in [0.4, 0.5) is 5.69 Å². The van der Waals surface area contributed by atoms with E-state index in [1.807, 2.05) is 56.3 Å². The molecular formula is C29H35N3O5S. The zero-order valence-electron chi connectivity index (χ0n) is 22.3. The molecule has 1 aliphatic heterocycles. The fraction of sp³-hybridized carbons (Fsp3) is 0.379. The van der Waals surface area contributed by atoms with Gasteiger partial charge in [-0.3, -0.25) is 13.9 Å². The predicted molar refractivity (Wildman–Crippen MR) is 149 cm³/mol. The summed E-state index contributed by atoms with van der Waals surface area (Å²) in [5.74, 6) is 0.510. The van der Waals surface area contributed by atoms with E-state index in [1.165, 1.54) is 4.31 Å². The smallest absolute Gasteiger partial charge is 0.265 e. The fourth-order valence-electron chi connectivity index (χ4n) is 4.72. The third-order valence-corrected chi connectivity index (χ3v) is 8.63. The Kier molecular flexibility index (Phi) is 8.26. The van der Waals surface area contributed by atoms with Gasteiger partial charge in [0, 0.05) is 31.4 Å². The number of ether oxygens (including phenoxy) is 1. The Morgan fingerprint density at radius 2 is 1.74 bits per heavy atom. The summed E-state index contributed by atoms with van der Waals surface area (Å²) >= 11 is 0. The molecule has 0 aliphatic carbocycles. The van der Waals surface area contributed by atoms with Gasteiger partial charge in [0.15, 0.2) is 0 Å². The van der Waals surface area contributed by atoms with Crippen molar-refractivity contribution in [3.05, 3.63) is 66.2 Å². The summed E-state index contributed by atoms with van der Waals surface area (Å²) in [6.07, 6.45) is 0.418. The maximum atomic E-state index is 13.5. The lowest BCUT2D eigenvalue weighted by atomic mass is 10.1. The molecule has 1 N–H and O–H groups in total. The summed E-state index contributed by atoms with van der Waals surface area (Å²) < 4.78 is 33.2. The Morgan fingerprint density at radius 3 is 2.45 bits per heavy atom. The summed E-state index contributed by atoms with van der Waals surface area (Å²) in [7, 11) is -2.11. The maximum Gasteiger partial charge on any atom is 0.265 e. The lowest BCUT2D eigenvalue weighted by molar-refractivity contribution is -0.140. The molecule has 1 aliphatic rings. The van der Waals surface area contributed by atoms with Gasteiger partial charge in [-0.1, -0.05) is 50.2 Å². The minimum atomic E-state index is -3.69. The summed E-state index contributed by atoms with van der Waals surface area (Å²) in [6.45, 7) is 6.66. The molecule has 0 bridgehead atoms. The van der Waals surface area contributed by atoms with Crippen molar-refractivity contribution in [1.82, 2.24) is 10.2 Å². The van der Waals surface area contributed by atoms with Crippen LogP contribution in [0, 0.1) is 5.92 Å². The molecule has 3 aromatic rings. The van der Waals surface area contributed by atoms with Crippen molar-refractivity contribution in [2.24, 2.45) is 5.92 Å². The van der Waals surface area contributed by atoms with Crippen molar-refractivity contribution < 1.29 is 22.7 Å². The van der Waals surface area contributed by atoms with Gasteiger partial charge in [-0.15, -0.1) is 0 Å². The molecule has 3 aromatic carbocycles. The number of carbonyl (C=O) groups excluding carboxylic acids is 2. The number of carbonyl (C=O) groups is 2. The van der Waals surface area contributed by atoms with Crippen molar-refractivity contribution in [2.45, 2.75) is 51.1 Å². The van der Waals surface area contributed by atoms with Crippen LogP contribution in [0.3, 0.4) is 0 Å². The van der Waals surface area contributed by atoms with Crippen LogP contribution in [0.5, 0.6) is 5.75 Å². The largest absolute Gasteiger partial charge is 0.497 e. The van der Waals surface area contributed by atoms with Gasteiger partial charge < -0.3 is 15.0 Å². The van der Waals surface area contributed by atoms with Crippen LogP contribution in [0.1, 0.15) is 39.2 Å². The van der Waals surface area contributed by atoms with Crippen molar-refractivity contribution in [1.29, 1.82) is 0 Å². The third kappa shape index (κ3) is 5.62. The van der Waals surface area contributed by atoms with Crippen molar-refractivity contribution in [3.8, 4) is 5.75 Å². The highest BCUT2D eigenvalue weighted by Crippen LogP contribution is 2.42. The van der Waals surface area contributed by atoms with Gasteiger partial charge in [-0.25, -0.2) is 8.42 Å². The Hall–Kier alpha value is -3.59. The second-order valence-electron chi connectivity index (χ2n) is 10.0. The van der Waals surface area contributed by atoms with E-state index in [0.29, 0.717) is 29.3 Å². The van der Waals surface area contributed by atoms with Crippen molar-refractivity contribution >= 4 is 38.3 Å². The number of amides is 2. The lowest BCUT2D eigenvalue weighted by Crippen LogP contribution is -2.48. The number of benzene rings is 3. The molecular weight excluding hydrogens is 502 g/mol. The van der Waals surface area contributed by atoms with E-state index in [-0.39, 0.29) is 37.2 Å². The normalized spacial score (nSPS) is 14.5. The van der Waals surface area contributed by atoms with Gasteiger partial charge in [0.25, 0.3) is 10.0 Å². The molecule has 0 unspecified atom stereocenters. The standard InChI is InChI=1S/C29H35N3O5S/c1-20(2)18-30-29(34)21(3)31(19-22-9-5-12-24(17-22)37-4)27(33)15-8-16-32-25-13-6-10-23-11-7-14-26(28(23)25)38(32,35)36/h5-7,9-14,17,20-21H,8,15-16,18-19H2,1-4H3,(H,30,34)/t21-/m1/s1. The summed E-state index contributed by atoms with van der Waals surface area (Å²) in [4.78, 5) is 28.2. The first-order valence-corrected chi connectivity index (χ1v) is 14.3. The zero-order valence-corrected chi connectivity index (χ0v) is 23.1. The van der Waals surface area contributed by atoms with Crippen LogP contribution in [0.15, 0.2) is 65.6 Å². The number of nitrogens with one attached hydrogen (secondary N) is 1. The molecule has 9 heteroatoms. The van der Waals surface area contributed by atoms with Crippen LogP contribution in [0.2, 0.25) is 0 Å². The fourth-order valence-corrected chi connectivity index (χ4v) is 6.47. The second kappa shape index (κ2) is 11.4. The first kappa shape index (κ1) is 27.4. The molecule has 1 atom stereocenters. The SMILES string of the molecule is COc1cccc(CN(C(=O)CCCN2c3cccc4cccc(c34)S2(=O)=O)[C@H](C)C(=O)NCC(C)C)c1. The van der Waals surface area contributed by atoms with E-state index in [4.69, 9.17) is 4.74 Å². The van der Waals surface area contributed by atoms with E-state index in [0.717, 1.165) is 16.3 Å². The molecule has 0 aromatic heterocycles. The molecule has 0 saturated carbocycles. The second-order valence-corrected chi connectivity index (χ2v) is 11.8. The topological polar surface area (TPSA) is 96.0 Å². The van der Waals surface area contributed by atoms with Crippen LogP contribution in [-0.2, 0) is 26.2 Å². The third-order valence-electron chi connectivity index (χ3n) is 6.77. The highest BCUT2D eigenvalue weighted by molar-refractivity contribution is 7.93. The first-order valence-electron chi connectivity index (χ1n) is 12.9. The highest BCUT2D eigenvalue weighted by atomic mass is 32.2. The Bertz CT molecular complexity index is 1430. The Morgan fingerprint density at radius 1 is 1.03 bits per heavy atom. The van der Waals surface area contributed by atoms with Gasteiger partial charge in [0.2, 0.25) is 11.8 Å². The maximum absolute atomic E-state index is 13.5. The number of nitrogens with zero attached hydrogens (tertiary/aromatic N) is 2. The van der Waals surface area contributed by atoms with Crippen molar-refractivity contribution in [3.63, 3.8) is 0 Å². The number of sulfonamides is 1. The van der Waals surface area contributed by atoms with Gasteiger partial charge in [0.1, 0.15) is 11.8 Å². The molecule has 0 spiro atoms. The van der Waals surface area contributed by atoms with Crippen molar-refractivity contribution in [2.75, 3.05) is 24.5 Å². The molecule has 38 heavy (non-hydrogen) atoms. The average Bonchev–Trinajstić information content (AvgIpc) is 3.13. The summed E-state index contributed by atoms with van der Waals surface area (Å²) in [5, 5.41) is 4.50. The first-order chi connectivity index (χ1) is 18.1. The van der Waals surface area contributed by atoms with Gasteiger partial charge in [-0.05, 0) is 54.5 Å². The summed E-state index contributed by atoms with van der Waals surface area (Å²) in [5.41, 5.74) is 1.48. The van der Waals surface area contributed by atoms with Crippen LogP contribution in [-0.4, -0.2) is 51.4 Å². The zero-order chi connectivity index (χ0) is 27.4. The number of rotatable bonds is 11. The molecule has 8 nitrogen and oxygen atoms in total. The number of anilines is 1. The average molecular weight is 538 g/mol. The van der Waals surface area contributed by atoms with Gasteiger partial charge >= 0.3 is 0 Å². The van der Waals surface area contributed by atoms with E-state index in [1.54, 1.807) is 37.1 Å². The van der Waals surface area contributed by atoms with E-state index in [2.05, 4.69) is 5.32 Å².